The van der Waals surface area contributed by atoms with Gasteiger partial charge in [-0.15, -0.1) is 0 Å². The molecule has 0 aliphatic heterocycles. The van der Waals surface area contributed by atoms with Crippen LogP contribution in [0.5, 0.6) is 0 Å². The summed E-state index contributed by atoms with van der Waals surface area (Å²) < 4.78 is 13.2. The van der Waals surface area contributed by atoms with E-state index in [9.17, 15) is 9.18 Å². The van der Waals surface area contributed by atoms with Crippen LogP contribution in [-0.4, -0.2) is 10.8 Å². The second-order valence-electron chi connectivity index (χ2n) is 3.49. The van der Waals surface area contributed by atoms with E-state index < -0.39 is 0 Å². The number of rotatable bonds is 2. The van der Waals surface area contributed by atoms with Crippen molar-refractivity contribution in [1.82, 2.24) is 4.98 Å². The molecule has 2 rings (SSSR count). The number of ketones is 1. The topological polar surface area (TPSA) is 30.0 Å². The Morgan fingerprint density at radius 2 is 2.12 bits per heavy atom. The van der Waals surface area contributed by atoms with Crippen molar-refractivity contribution in [1.29, 1.82) is 0 Å². The van der Waals surface area contributed by atoms with Crippen molar-refractivity contribution < 1.29 is 9.18 Å². The first-order valence-corrected chi connectivity index (χ1v) is 4.89. The van der Waals surface area contributed by atoms with E-state index in [-0.39, 0.29) is 11.6 Å². The number of Topliss-reactive ketones (excluding diaryl/α,β-unsaturated/α-hetero) is 1. The third kappa shape index (κ3) is 1.98. The van der Waals surface area contributed by atoms with Gasteiger partial charge in [0.1, 0.15) is 5.82 Å². The van der Waals surface area contributed by atoms with Gasteiger partial charge in [-0.25, -0.2) is 4.39 Å². The van der Waals surface area contributed by atoms with E-state index >= 15 is 0 Å². The fourth-order valence-electron chi connectivity index (χ4n) is 1.58. The van der Waals surface area contributed by atoms with Gasteiger partial charge in [-0.1, -0.05) is 6.07 Å². The fourth-order valence-corrected chi connectivity index (χ4v) is 1.58. The minimum atomic E-state index is -0.358. The van der Waals surface area contributed by atoms with Crippen LogP contribution in [0.1, 0.15) is 17.3 Å². The Kier molecular flexibility index (Phi) is 2.77. The summed E-state index contributed by atoms with van der Waals surface area (Å²) in [5.41, 5.74) is 1.84. The highest BCUT2D eigenvalue weighted by Crippen LogP contribution is 2.24. The van der Waals surface area contributed by atoms with Gasteiger partial charge in [-0.05, 0) is 36.8 Å². The standard InChI is InChI=1S/C13H10FNO/c1-9(16)12-5-4-11(14)7-13(12)10-3-2-6-15-8-10/h2-8H,1H3. The first-order valence-electron chi connectivity index (χ1n) is 4.89. The van der Waals surface area contributed by atoms with Crippen molar-refractivity contribution in [2.24, 2.45) is 0 Å². The first kappa shape index (κ1) is 10.5. The predicted molar refractivity (Wildman–Crippen MR) is 59.6 cm³/mol. The second-order valence-corrected chi connectivity index (χ2v) is 3.49. The van der Waals surface area contributed by atoms with Gasteiger partial charge < -0.3 is 0 Å². The number of benzene rings is 1. The number of pyridine rings is 1. The Labute approximate surface area is 92.8 Å². The minimum Gasteiger partial charge on any atom is -0.294 e. The molecule has 16 heavy (non-hydrogen) atoms. The maximum atomic E-state index is 13.2. The van der Waals surface area contributed by atoms with Crippen LogP contribution in [0, 0.1) is 5.82 Å². The summed E-state index contributed by atoms with van der Waals surface area (Å²) in [7, 11) is 0. The maximum Gasteiger partial charge on any atom is 0.160 e. The maximum absolute atomic E-state index is 13.2. The van der Waals surface area contributed by atoms with Gasteiger partial charge in [0, 0.05) is 23.5 Å². The summed E-state index contributed by atoms with van der Waals surface area (Å²) in [4.78, 5) is 15.4. The number of carbonyl (C=O) groups is 1. The monoisotopic (exact) mass is 215 g/mol. The van der Waals surface area contributed by atoms with Crippen LogP contribution in [0.2, 0.25) is 0 Å². The number of nitrogens with zero attached hydrogens (tertiary/aromatic N) is 1. The van der Waals surface area contributed by atoms with Crippen LogP contribution < -0.4 is 0 Å². The van der Waals surface area contributed by atoms with Gasteiger partial charge in [-0.3, -0.25) is 9.78 Å². The van der Waals surface area contributed by atoms with E-state index in [1.807, 2.05) is 0 Å². The lowest BCUT2D eigenvalue weighted by Crippen LogP contribution is -1.97. The van der Waals surface area contributed by atoms with Crippen molar-refractivity contribution in [2.75, 3.05) is 0 Å². The van der Waals surface area contributed by atoms with E-state index in [0.717, 1.165) is 5.56 Å². The molecule has 0 amide bonds. The van der Waals surface area contributed by atoms with Gasteiger partial charge in [0.15, 0.2) is 5.78 Å². The van der Waals surface area contributed by atoms with E-state index in [1.54, 1.807) is 24.5 Å². The molecular weight excluding hydrogens is 205 g/mol. The molecule has 0 atom stereocenters. The molecule has 0 N–H and O–H groups in total. The highest BCUT2D eigenvalue weighted by molar-refractivity contribution is 6.00. The Hall–Kier alpha value is -2.03. The average Bonchev–Trinajstić information content (AvgIpc) is 2.29. The summed E-state index contributed by atoms with van der Waals surface area (Å²) in [5, 5.41) is 0. The lowest BCUT2D eigenvalue weighted by Gasteiger charge is -2.06. The zero-order valence-electron chi connectivity index (χ0n) is 8.77. The third-order valence-electron chi connectivity index (χ3n) is 2.33. The van der Waals surface area contributed by atoms with Crippen LogP contribution in [0.25, 0.3) is 11.1 Å². The van der Waals surface area contributed by atoms with Crippen molar-refractivity contribution in [2.45, 2.75) is 6.92 Å². The number of carbonyl (C=O) groups excluding carboxylic acids is 1. The molecule has 80 valence electrons. The molecular formula is C13H10FNO. The van der Waals surface area contributed by atoms with Crippen molar-refractivity contribution in [3.05, 3.63) is 54.1 Å². The fraction of sp³-hybridized carbons (Fsp3) is 0.0769. The summed E-state index contributed by atoms with van der Waals surface area (Å²) in [6.07, 6.45) is 3.25. The van der Waals surface area contributed by atoms with E-state index in [1.165, 1.54) is 25.1 Å². The third-order valence-corrected chi connectivity index (χ3v) is 2.33. The van der Waals surface area contributed by atoms with Crippen LogP contribution in [0.3, 0.4) is 0 Å². The highest BCUT2D eigenvalue weighted by Gasteiger charge is 2.10. The lowest BCUT2D eigenvalue weighted by molar-refractivity contribution is 0.101. The molecule has 0 radical (unpaired) electrons. The van der Waals surface area contributed by atoms with Crippen molar-refractivity contribution in [3.63, 3.8) is 0 Å². The number of halogens is 1. The quantitative estimate of drug-likeness (QED) is 0.720. The highest BCUT2D eigenvalue weighted by atomic mass is 19.1. The molecule has 0 aliphatic carbocycles. The van der Waals surface area contributed by atoms with Crippen LogP contribution in [0.15, 0.2) is 42.7 Å². The molecule has 0 saturated heterocycles. The van der Waals surface area contributed by atoms with Crippen molar-refractivity contribution in [3.8, 4) is 11.1 Å². The number of hydrogen-bond donors (Lipinski definition) is 0. The molecule has 3 heteroatoms. The molecule has 0 fully saturated rings. The Morgan fingerprint density at radius 3 is 2.75 bits per heavy atom. The molecule has 2 aromatic rings. The molecule has 0 saturated carbocycles. The lowest BCUT2D eigenvalue weighted by atomic mass is 9.99. The zero-order chi connectivity index (χ0) is 11.5. The zero-order valence-corrected chi connectivity index (χ0v) is 8.77. The van der Waals surface area contributed by atoms with E-state index in [0.29, 0.717) is 11.1 Å². The van der Waals surface area contributed by atoms with Crippen LogP contribution >= 0.6 is 0 Å². The Bertz CT molecular complexity index is 523. The minimum absolute atomic E-state index is 0.0844. The first-order chi connectivity index (χ1) is 7.68. The van der Waals surface area contributed by atoms with Crippen LogP contribution in [0.4, 0.5) is 4.39 Å². The molecule has 0 unspecified atom stereocenters. The summed E-state index contributed by atoms with van der Waals surface area (Å²) in [6, 6.07) is 7.70. The average molecular weight is 215 g/mol. The summed E-state index contributed by atoms with van der Waals surface area (Å²) in [5.74, 6) is -0.442. The predicted octanol–water partition coefficient (Wildman–Crippen LogP) is 3.09. The number of hydrogen-bond acceptors (Lipinski definition) is 2. The smallest absolute Gasteiger partial charge is 0.160 e. The normalized spacial score (nSPS) is 10.1. The molecule has 0 aliphatic rings. The molecule has 0 spiro atoms. The van der Waals surface area contributed by atoms with Gasteiger partial charge in [-0.2, -0.15) is 0 Å². The SMILES string of the molecule is CC(=O)c1ccc(F)cc1-c1cccnc1. The van der Waals surface area contributed by atoms with Gasteiger partial charge >= 0.3 is 0 Å². The van der Waals surface area contributed by atoms with Gasteiger partial charge in [0.25, 0.3) is 0 Å². The van der Waals surface area contributed by atoms with E-state index in [4.69, 9.17) is 0 Å². The summed E-state index contributed by atoms with van der Waals surface area (Å²) >= 11 is 0. The summed E-state index contributed by atoms with van der Waals surface area (Å²) in [6.45, 7) is 1.47. The Balaban J connectivity index is 2.63. The molecule has 0 bridgehead atoms. The van der Waals surface area contributed by atoms with Crippen molar-refractivity contribution >= 4 is 5.78 Å². The Morgan fingerprint density at radius 1 is 1.31 bits per heavy atom. The molecule has 1 heterocycles. The van der Waals surface area contributed by atoms with Gasteiger partial charge in [0.2, 0.25) is 0 Å². The second kappa shape index (κ2) is 4.23. The largest absolute Gasteiger partial charge is 0.294 e. The van der Waals surface area contributed by atoms with Gasteiger partial charge in [0.05, 0.1) is 0 Å². The molecule has 1 aromatic heterocycles. The molecule has 2 nitrogen and oxygen atoms in total. The van der Waals surface area contributed by atoms with E-state index in [2.05, 4.69) is 4.98 Å². The van der Waals surface area contributed by atoms with Crippen LogP contribution in [-0.2, 0) is 0 Å². The molecule has 1 aromatic carbocycles. The number of aromatic nitrogens is 1.